The first-order valence-corrected chi connectivity index (χ1v) is 10.4. The van der Waals surface area contributed by atoms with Gasteiger partial charge in [0.2, 0.25) is 5.91 Å². The molecule has 1 fully saturated rings. The van der Waals surface area contributed by atoms with Gasteiger partial charge in [-0.3, -0.25) is 9.59 Å². The summed E-state index contributed by atoms with van der Waals surface area (Å²) in [5.74, 6) is -0.691. The molecular formula is C19H15N5O4S2. The Kier molecular flexibility index (Phi) is 6.00. The number of carboxylic acid groups (broad SMARTS) is 1. The Morgan fingerprint density at radius 2 is 2.00 bits per heavy atom. The van der Waals surface area contributed by atoms with E-state index in [0.717, 1.165) is 33.9 Å². The van der Waals surface area contributed by atoms with Gasteiger partial charge in [0.1, 0.15) is 28.6 Å². The first-order valence-electron chi connectivity index (χ1n) is 8.81. The van der Waals surface area contributed by atoms with Gasteiger partial charge in [-0.25, -0.2) is 0 Å². The van der Waals surface area contributed by atoms with Gasteiger partial charge in [0.05, 0.1) is 24.4 Å². The van der Waals surface area contributed by atoms with E-state index in [1.165, 1.54) is 17.9 Å². The van der Waals surface area contributed by atoms with Gasteiger partial charge < -0.3 is 15.2 Å². The molecule has 30 heavy (non-hydrogen) atoms. The normalized spacial score (nSPS) is 17.7. The van der Waals surface area contributed by atoms with Crippen LogP contribution in [0.1, 0.15) is 17.5 Å². The molecule has 1 amide bonds. The van der Waals surface area contributed by atoms with Crippen LogP contribution < -0.4 is 10.1 Å². The molecule has 0 spiro atoms. The lowest BCUT2D eigenvalue weighted by molar-refractivity contribution is -0.138. The molecular weight excluding hydrogens is 426 g/mol. The molecule has 9 nitrogen and oxygen atoms in total. The number of fused-ring (bicyclic) bond motifs is 1. The van der Waals surface area contributed by atoms with Crippen molar-refractivity contribution in [3.8, 4) is 5.75 Å². The molecule has 11 heteroatoms. The standard InChI is InChI=1S/C19H15N5O4S2/c25-17(26)8-16-18(27)21-19(29-16)22-20-9-11-1-4-13(5-2-11)28-10-12-3-6-14-15(7-12)24-30-23-14/h1-7,9,16H,8,10H2,(H,25,26)(H,21,22,27). The highest BCUT2D eigenvalue weighted by Crippen LogP contribution is 2.22. The highest BCUT2D eigenvalue weighted by atomic mass is 32.2. The second kappa shape index (κ2) is 9.01. The van der Waals surface area contributed by atoms with Crippen LogP contribution in [0.5, 0.6) is 5.75 Å². The topological polar surface area (TPSA) is 126 Å². The van der Waals surface area contributed by atoms with Crippen LogP contribution >= 0.6 is 23.5 Å². The Hall–Kier alpha value is -3.31. The van der Waals surface area contributed by atoms with Crippen molar-refractivity contribution in [3.63, 3.8) is 0 Å². The van der Waals surface area contributed by atoms with Gasteiger partial charge >= 0.3 is 5.97 Å². The van der Waals surface area contributed by atoms with Crippen LogP contribution in [0.4, 0.5) is 0 Å². The molecule has 3 aromatic rings. The first kappa shape index (κ1) is 20.0. The van der Waals surface area contributed by atoms with Crippen LogP contribution in [0.25, 0.3) is 11.0 Å². The van der Waals surface area contributed by atoms with Crippen LogP contribution in [0.15, 0.2) is 52.7 Å². The smallest absolute Gasteiger partial charge is 0.305 e. The number of benzene rings is 2. The zero-order valence-electron chi connectivity index (χ0n) is 15.4. The van der Waals surface area contributed by atoms with Gasteiger partial charge in [-0.15, -0.1) is 5.10 Å². The average molecular weight is 441 g/mol. The van der Waals surface area contributed by atoms with Crippen molar-refractivity contribution in [2.45, 2.75) is 18.3 Å². The highest BCUT2D eigenvalue weighted by Gasteiger charge is 2.32. The Labute approximate surface area is 179 Å². The maximum absolute atomic E-state index is 11.7. The molecule has 1 aromatic heterocycles. The molecule has 4 rings (SSSR count). The lowest BCUT2D eigenvalue weighted by atomic mass is 10.2. The van der Waals surface area contributed by atoms with Crippen molar-refractivity contribution in [2.24, 2.45) is 10.2 Å². The second-order valence-corrected chi connectivity index (χ2v) is 8.01. The lowest BCUT2D eigenvalue weighted by Gasteiger charge is -2.06. The van der Waals surface area contributed by atoms with Crippen molar-refractivity contribution >= 4 is 57.8 Å². The number of rotatable bonds is 7. The quantitative estimate of drug-likeness (QED) is 0.426. The van der Waals surface area contributed by atoms with Gasteiger partial charge in [-0.1, -0.05) is 17.8 Å². The maximum atomic E-state index is 11.7. The molecule has 2 heterocycles. The van der Waals surface area contributed by atoms with Crippen molar-refractivity contribution < 1.29 is 19.4 Å². The summed E-state index contributed by atoms with van der Waals surface area (Å²) in [5, 5.41) is 18.8. The number of ether oxygens (including phenoxy) is 1. The molecule has 1 atom stereocenters. The molecule has 0 aliphatic carbocycles. The number of nitrogens with zero attached hydrogens (tertiary/aromatic N) is 4. The first-order chi connectivity index (χ1) is 14.6. The van der Waals surface area contributed by atoms with E-state index in [1.807, 2.05) is 42.5 Å². The number of carboxylic acids is 1. The maximum Gasteiger partial charge on any atom is 0.305 e. The summed E-state index contributed by atoms with van der Waals surface area (Å²) in [7, 11) is 0. The van der Waals surface area contributed by atoms with E-state index in [1.54, 1.807) is 0 Å². The monoisotopic (exact) mass is 441 g/mol. The number of aromatic nitrogens is 2. The van der Waals surface area contributed by atoms with Gasteiger partial charge in [0.25, 0.3) is 0 Å². The lowest BCUT2D eigenvalue weighted by Crippen LogP contribution is -2.26. The summed E-state index contributed by atoms with van der Waals surface area (Å²) in [4.78, 5) is 22.4. The Balaban J connectivity index is 1.31. The molecule has 1 unspecified atom stereocenters. The minimum absolute atomic E-state index is 0.255. The van der Waals surface area contributed by atoms with Gasteiger partial charge in [0, 0.05) is 0 Å². The minimum Gasteiger partial charge on any atom is -0.489 e. The van der Waals surface area contributed by atoms with E-state index < -0.39 is 11.2 Å². The summed E-state index contributed by atoms with van der Waals surface area (Å²) in [5.41, 5.74) is 3.55. The van der Waals surface area contributed by atoms with E-state index in [0.29, 0.717) is 12.4 Å². The number of hydrogen-bond donors (Lipinski definition) is 2. The van der Waals surface area contributed by atoms with Gasteiger partial charge in [-0.05, 0) is 47.5 Å². The number of aliphatic carboxylic acids is 1. The fraction of sp³-hybridized carbons (Fsp3) is 0.158. The largest absolute Gasteiger partial charge is 0.489 e. The number of hydrogen-bond acceptors (Lipinski definition) is 9. The molecule has 1 saturated heterocycles. The van der Waals surface area contributed by atoms with E-state index in [-0.39, 0.29) is 17.5 Å². The predicted octanol–water partition coefficient (Wildman–Crippen LogP) is 2.67. The third-order valence-electron chi connectivity index (χ3n) is 4.10. The van der Waals surface area contributed by atoms with Crippen molar-refractivity contribution in [1.29, 1.82) is 0 Å². The zero-order valence-corrected chi connectivity index (χ0v) is 17.0. The predicted molar refractivity (Wildman–Crippen MR) is 115 cm³/mol. The number of nitrogens with one attached hydrogen (secondary N) is 1. The number of carbonyl (C=O) groups is 2. The highest BCUT2D eigenvalue weighted by molar-refractivity contribution is 8.15. The average Bonchev–Trinajstić information content (AvgIpc) is 3.33. The van der Waals surface area contributed by atoms with Gasteiger partial charge in [0.15, 0.2) is 5.17 Å². The molecule has 2 aromatic carbocycles. The Morgan fingerprint density at radius 3 is 2.80 bits per heavy atom. The van der Waals surface area contributed by atoms with Crippen LogP contribution in [0, 0.1) is 0 Å². The number of carbonyl (C=O) groups excluding carboxylic acids is 1. The molecule has 0 bridgehead atoms. The van der Waals surface area contributed by atoms with E-state index in [9.17, 15) is 9.59 Å². The molecule has 2 N–H and O–H groups in total. The molecule has 1 aliphatic rings. The van der Waals surface area contributed by atoms with Crippen LogP contribution in [0.3, 0.4) is 0 Å². The molecule has 0 saturated carbocycles. The SMILES string of the molecule is O=C(O)CC1SC(=NN=Cc2ccc(OCc3ccc4nsnc4c3)cc2)NC1=O. The minimum atomic E-state index is -1.03. The van der Waals surface area contributed by atoms with Crippen LogP contribution in [-0.2, 0) is 16.2 Å². The Bertz CT molecular complexity index is 1140. The van der Waals surface area contributed by atoms with Crippen molar-refractivity contribution in [2.75, 3.05) is 0 Å². The number of amides is 1. The third kappa shape index (κ3) is 4.99. The summed E-state index contributed by atoms with van der Waals surface area (Å²) >= 11 is 2.24. The fourth-order valence-electron chi connectivity index (χ4n) is 2.63. The molecule has 1 aliphatic heterocycles. The second-order valence-electron chi connectivity index (χ2n) is 6.29. The van der Waals surface area contributed by atoms with E-state index in [4.69, 9.17) is 9.84 Å². The Morgan fingerprint density at radius 1 is 1.20 bits per heavy atom. The van der Waals surface area contributed by atoms with Crippen LogP contribution in [0.2, 0.25) is 0 Å². The van der Waals surface area contributed by atoms with Crippen molar-refractivity contribution in [3.05, 3.63) is 53.6 Å². The zero-order chi connectivity index (χ0) is 20.9. The van der Waals surface area contributed by atoms with Gasteiger partial charge in [-0.2, -0.15) is 13.8 Å². The third-order valence-corrected chi connectivity index (χ3v) is 5.72. The summed E-state index contributed by atoms with van der Waals surface area (Å²) in [6.07, 6.45) is 1.28. The fourth-order valence-corrected chi connectivity index (χ4v) is 4.06. The summed E-state index contributed by atoms with van der Waals surface area (Å²) in [6.45, 7) is 0.420. The molecule has 152 valence electrons. The number of amidine groups is 1. The van der Waals surface area contributed by atoms with E-state index >= 15 is 0 Å². The summed E-state index contributed by atoms with van der Waals surface area (Å²) in [6, 6.07) is 13.2. The van der Waals surface area contributed by atoms with E-state index in [2.05, 4.69) is 24.3 Å². The van der Waals surface area contributed by atoms with Crippen LogP contribution in [-0.4, -0.2) is 42.4 Å². The van der Waals surface area contributed by atoms with Crippen molar-refractivity contribution in [1.82, 2.24) is 14.1 Å². The molecule has 0 radical (unpaired) electrons. The number of thioether (sulfide) groups is 1. The summed E-state index contributed by atoms with van der Waals surface area (Å²) < 4.78 is 14.2.